The van der Waals surface area contributed by atoms with Crippen molar-refractivity contribution in [2.45, 2.75) is 69.9 Å². The highest BCUT2D eigenvalue weighted by atomic mass is 19.3. The van der Waals surface area contributed by atoms with Gasteiger partial charge in [0.2, 0.25) is 5.91 Å². The third kappa shape index (κ3) is 3.65. The van der Waals surface area contributed by atoms with Gasteiger partial charge in [-0.15, -0.1) is 0 Å². The Balaban J connectivity index is 1.79. The Morgan fingerprint density at radius 2 is 2.16 bits per heavy atom. The van der Waals surface area contributed by atoms with E-state index < -0.39 is 17.9 Å². The van der Waals surface area contributed by atoms with Crippen molar-refractivity contribution in [3.63, 3.8) is 0 Å². The van der Waals surface area contributed by atoms with Crippen molar-refractivity contribution in [1.29, 1.82) is 0 Å². The first-order valence-electron chi connectivity index (χ1n) is 7.29. The Hall–Kier alpha value is -0.710. The highest BCUT2D eigenvalue weighted by Gasteiger charge is 2.56. The van der Waals surface area contributed by atoms with Crippen molar-refractivity contribution in [3.05, 3.63) is 0 Å². The smallest absolute Gasteiger partial charge is 0.251 e. The average molecular weight is 275 g/mol. The quantitative estimate of drug-likeness (QED) is 0.837. The lowest BCUT2D eigenvalue weighted by atomic mass is 9.98. The summed E-state index contributed by atoms with van der Waals surface area (Å²) in [7, 11) is 0. The van der Waals surface area contributed by atoms with Gasteiger partial charge < -0.3 is 10.0 Å². The van der Waals surface area contributed by atoms with Crippen LogP contribution in [0.5, 0.6) is 0 Å². The zero-order chi connectivity index (χ0) is 14.0. The molecule has 0 aromatic carbocycles. The lowest BCUT2D eigenvalue weighted by Crippen LogP contribution is -2.44. The number of likely N-dealkylation sites (tertiary alicyclic amines) is 1. The molecular weight excluding hydrogens is 252 g/mol. The van der Waals surface area contributed by atoms with E-state index in [1.165, 1.54) is 0 Å². The van der Waals surface area contributed by atoms with Gasteiger partial charge in [-0.25, -0.2) is 8.78 Å². The van der Waals surface area contributed by atoms with Crippen LogP contribution in [-0.2, 0) is 4.79 Å². The molecule has 1 aliphatic carbocycles. The maximum absolute atomic E-state index is 12.8. The summed E-state index contributed by atoms with van der Waals surface area (Å²) in [5, 5.41) is 9.77. The van der Waals surface area contributed by atoms with Crippen LogP contribution in [0.3, 0.4) is 0 Å². The van der Waals surface area contributed by atoms with E-state index >= 15 is 0 Å². The topological polar surface area (TPSA) is 40.5 Å². The molecule has 110 valence electrons. The third-order valence-electron chi connectivity index (χ3n) is 4.34. The second-order valence-corrected chi connectivity index (χ2v) is 5.90. The van der Waals surface area contributed by atoms with E-state index in [1.54, 1.807) is 0 Å². The Bertz CT molecular complexity index is 335. The molecule has 3 unspecified atom stereocenters. The lowest BCUT2D eigenvalue weighted by Gasteiger charge is -2.35. The number of nitrogens with zero attached hydrogens (tertiary/aromatic N) is 1. The second kappa shape index (κ2) is 5.73. The molecule has 1 heterocycles. The number of piperidine rings is 1. The van der Waals surface area contributed by atoms with Gasteiger partial charge in [0.15, 0.2) is 0 Å². The minimum atomic E-state index is -2.61. The van der Waals surface area contributed by atoms with Crippen LogP contribution in [0.15, 0.2) is 0 Å². The fourth-order valence-electron chi connectivity index (χ4n) is 3.01. The lowest BCUT2D eigenvalue weighted by molar-refractivity contribution is -0.137. The molecule has 2 aliphatic rings. The van der Waals surface area contributed by atoms with Crippen molar-refractivity contribution in [1.82, 2.24) is 4.90 Å². The monoisotopic (exact) mass is 275 g/mol. The Morgan fingerprint density at radius 3 is 2.74 bits per heavy atom. The summed E-state index contributed by atoms with van der Waals surface area (Å²) >= 11 is 0. The van der Waals surface area contributed by atoms with Gasteiger partial charge >= 0.3 is 0 Å². The SMILES string of the molecule is CCC1CCCCN1C(=O)CC(O)CC1CC1(F)F. The number of carbonyl (C=O) groups excluding carboxylic acids is 1. The standard InChI is InChI=1S/C14H23F2NO2/c1-2-11-5-3-4-6-17(11)13(19)8-12(18)7-10-9-14(10,15)16/h10-12,18H,2-9H2,1H3. The third-order valence-corrected chi connectivity index (χ3v) is 4.34. The van der Waals surface area contributed by atoms with Gasteiger partial charge in [-0.2, -0.15) is 0 Å². The maximum Gasteiger partial charge on any atom is 0.251 e. The van der Waals surface area contributed by atoms with Crippen molar-refractivity contribution in [2.24, 2.45) is 5.92 Å². The number of hydrogen-bond acceptors (Lipinski definition) is 2. The zero-order valence-electron chi connectivity index (χ0n) is 11.4. The van der Waals surface area contributed by atoms with Crippen LogP contribution >= 0.6 is 0 Å². The van der Waals surface area contributed by atoms with Gasteiger partial charge in [-0.05, 0) is 32.1 Å². The normalized spacial score (nSPS) is 31.1. The van der Waals surface area contributed by atoms with Gasteiger partial charge in [-0.3, -0.25) is 4.79 Å². The predicted molar refractivity (Wildman–Crippen MR) is 67.9 cm³/mol. The molecule has 1 N–H and O–H groups in total. The molecule has 1 saturated carbocycles. The number of hydrogen-bond donors (Lipinski definition) is 1. The molecule has 2 rings (SSSR count). The van der Waals surface area contributed by atoms with E-state index in [2.05, 4.69) is 6.92 Å². The largest absolute Gasteiger partial charge is 0.393 e. The molecule has 0 bridgehead atoms. The zero-order valence-corrected chi connectivity index (χ0v) is 11.4. The molecule has 3 atom stereocenters. The fourth-order valence-corrected chi connectivity index (χ4v) is 3.01. The van der Waals surface area contributed by atoms with Crippen LogP contribution in [0.2, 0.25) is 0 Å². The van der Waals surface area contributed by atoms with E-state index in [-0.39, 0.29) is 31.2 Å². The van der Waals surface area contributed by atoms with Crippen LogP contribution in [0.1, 0.15) is 51.9 Å². The Kier molecular flexibility index (Phi) is 4.43. The molecule has 0 spiro atoms. The second-order valence-electron chi connectivity index (χ2n) is 5.90. The molecule has 0 aromatic heterocycles. The number of aliphatic hydroxyl groups is 1. The molecule has 1 aliphatic heterocycles. The summed E-state index contributed by atoms with van der Waals surface area (Å²) < 4.78 is 25.5. The summed E-state index contributed by atoms with van der Waals surface area (Å²) in [6, 6.07) is 0.260. The van der Waals surface area contributed by atoms with E-state index in [0.717, 1.165) is 32.2 Å². The van der Waals surface area contributed by atoms with E-state index in [9.17, 15) is 18.7 Å². The first-order valence-corrected chi connectivity index (χ1v) is 7.29. The number of rotatable bonds is 5. The summed E-state index contributed by atoms with van der Waals surface area (Å²) in [6.45, 7) is 2.79. The van der Waals surface area contributed by atoms with Crippen LogP contribution in [0, 0.1) is 5.92 Å². The number of halogens is 2. The Labute approximate surface area is 113 Å². The molecule has 2 fully saturated rings. The maximum atomic E-state index is 12.8. The molecule has 1 amide bonds. The number of alkyl halides is 2. The van der Waals surface area contributed by atoms with Gasteiger partial charge in [0.1, 0.15) is 0 Å². The van der Waals surface area contributed by atoms with Gasteiger partial charge in [0.25, 0.3) is 5.92 Å². The van der Waals surface area contributed by atoms with Crippen molar-refractivity contribution >= 4 is 5.91 Å². The van der Waals surface area contributed by atoms with Crippen molar-refractivity contribution in [3.8, 4) is 0 Å². The summed E-state index contributed by atoms with van der Waals surface area (Å²) in [5.41, 5.74) is 0. The van der Waals surface area contributed by atoms with Crippen molar-refractivity contribution in [2.75, 3.05) is 6.54 Å². The average Bonchev–Trinajstić information content (AvgIpc) is 2.95. The fraction of sp³-hybridized carbons (Fsp3) is 0.929. The van der Waals surface area contributed by atoms with Crippen LogP contribution in [0.4, 0.5) is 8.78 Å². The highest BCUT2D eigenvalue weighted by Crippen LogP contribution is 2.51. The highest BCUT2D eigenvalue weighted by molar-refractivity contribution is 5.77. The minimum absolute atomic E-state index is 0.0108. The van der Waals surface area contributed by atoms with Crippen LogP contribution < -0.4 is 0 Å². The summed E-state index contributed by atoms with van der Waals surface area (Å²) in [6.07, 6.45) is 3.04. The van der Waals surface area contributed by atoms with E-state index in [0.29, 0.717) is 0 Å². The van der Waals surface area contributed by atoms with E-state index in [4.69, 9.17) is 0 Å². The molecule has 3 nitrogen and oxygen atoms in total. The first-order chi connectivity index (χ1) is 8.94. The van der Waals surface area contributed by atoms with Crippen molar-refractivity contribution < 1.29 is 18.7 Å². The van der Waals surface area contributed by atoms with Crippen LogP contribution in [-0.4, -0.2) is 40.5 Å². The summed E-state index contributed by atoms with van der Waals surface area (Å²) in [4.78, 5) is 14.0. The molecule has 5 heteroatoms. The van der Waals surface area contributed by atoms with E-state index in [1.807, 2.05) is 4.90 Å². The summed E-state index contributed by atoms with van der Waals surface area (Å²) in [5.74, 6) is -3.41. The van der Waals surface area contributed by atoms with Gasteiger partial charge in [-0.1, -0.05) is 6.92 Å². The molecule has 0 radical (unpaired) electrons. The molecule has 1 saturated heterocycles. The number of aliphatic hydroxyl groups excluding tert-OH is 1. The minimum Gasteiger partial charge on any atom is -0.393 e. The first kappa shape index (κ1) is 14.7. The van der Waals surface area contributed by atoms with Gasteiger partial charge in [0, 0.05) is 24.9 Å². The molecular formula is C14H23F2NO2. The van der Waals surface area contributed by atoms with Gasteiger partial charge in [0.05, 0.1) is 12.5 Å². The number of carbonyl (C=O) groups is 1. The Morgan fingerprint density at radius 1 is 1.47 bits per heavy atom. The molecule has 0 aromatic rings. The predicted octanol–water partition coefficient (Wildman–Crippen LogP) is 2.57. The molecule has 19 heavy (non-hydrogen) atoms. The number of amides is 1. The van der Waals surface area contributed by atoms with Crippen LogP contribution in [0.25, 0.3) is 0 Å².